The molecule has 0 bridgehead atoms. The first-order valence-electron chi connectivity index (χ1n) is 7.20. The first kappa shape index (κ1) is 17.8. The molecule has 20 heavy (non-hydrogen) atoms. The second kappa shape index (κ2) is 7.65. The van der Waals surface area contributed by atoms with Gasteiger partial charge in [0, 0.05) is 12.6 Å². The molecule has 0 saturated carbocycles. The molecule has 1 aromatic carbocycles. The molecular formula is C16H26Cl2N2. The van der Waals surface area contributed by atoms with Gasteiger partial charge in [0.15, 0.2) is 0 Å². The molecule has 0 fully saturated rings. The highest BCUT2D eigenvalue weighted by Crippen LogP contribution is 2.30. The summed E-state index contributed by atoms with van der Waals surface area (Å²) in [4.78, 5) is 2.46. The van der Waals surface area contributed by atoms with Crippen LogP contribution in [0.4, 0.5) is 0 Å². The van der Waals surface area contributed by atoms with Crippen molar-refractivity contribution in [1.29, 1.82) is 0 Å². The fourth-order valence-electron chi connectivity index (χ4n) is 2.29. The summed E-state index contributed by atoms with van der Waals surface area (Å²) in [5.41, 5.74) is 7.17. The van der Waals surface area contributed by atoms with Crippen LogP contribution >= 0.6 is 23.2 Å². The molecule has 0 saturated heterocycles. The van der Waals surface area contributed by atoms with Gasteiger partial charge in [0.2, 0.25) is 0 Å². The number of hydrogen-bond acceptors (Lipinski definition) is 2. The summed E-state index contributed by atoms with van der Waals surface area (Å²) in [5.74, 6) is 0. The Hall–Kier alpha value is -0.280. The highest BCUT2D eigenvalue weighted by Gasteiger charge is 2.24. The molecule has 0 aromatic heterocycles. The lowest BCUT2D eigenvalue weighted by Crippen LogP contribution is -2.40. The van der Waals surface area contributed by atoms with Crippen LogP contribution in [0.25, 0.3) is 0 Å². The van der Waals surface area contributed by atoms with E-state index in [4.69, 9.17) is 28.9 Å². The predicted octanol–water partition coefficient (Wildman–Crippen LogP) is 4.75. The van der Waals surface area contributed by atoms with E-state index in [1.54, 1.807) is 0 Å². The average Bonchev–Trinajstić information content (AvgIpc) is 2.40. The van der Waals surface area contributed by atoms with Crippen LogP contribution in [0.15, 0.2) is 18.2 Å². The van der Waals surface area contributed by atoms with Gasteiger partial charge in [-0.3, -0.25) is 4.90 Å². The van der Waals surface area contributed by atoms with Gasteiger partial charge in [0.1, 0.15) is 0 Å². The van der Waals surface area contributed by atoms with Gasteiger partial charge in [-0.2, -0.15) is 0 Å². The summed E-state index contributed by atoms with van der Waals surface area (Å²) in [6, 6.07) is 6.19. The minimum Gasteiger partial charge on any atom is -0.330 e. The Morgan fingerprint density at radius 3 is 2.40 bits per heavy atom. The van der Waals surface area contributed by atoms with Gasteiger partial charge in [-0.05, 0) is 49.5 Å². The van der Waals surface area contributed by atoms with E-state index >= 15 is 0 Å². The summed E-state index contributed by atoms with van der Waals surface area (Å²) in [5, 5.41) is 1.22. The molecule has 1 unspecified atom stereocenters. The zero-order valence-corrected chi connectivity index (χ0v) is 14.4. The summed E-state index contributed by atoms with van der Waals surface area (Å²) < 4.78 is 0. The fraction of sp³-hybridized carbons (Fsp3) is 0.625. The van der Waals surface area contributed by atoms with Crippen molar-refractivity contribution in [1.82, 2.24) is 4.90 Å². The summed E-state index contributed by atoms with van der Waals surface area (Å²) in [6.07, 6.45) is 1.12. The van der Waals surface area contributed by atoms with Crippen LogP contribution < -0.4 is 5.73 Å². The lowest BCUT2D eigenvalue weighted by molar-refractivity contribution is 0.140. The van der Waals surface area contributed by atoms with Gasteiger partial charge in [-0.15, -0.1) is 0 Å². The Morgan fingerprint density at radius 1 is 1.25 bits per heavy atom. The molecule has 114 valence electrons. The van der Waals surface area contributed by atoms with Crippen molar-refractivity contribution in [2.75, 3.05) is 19.6 Å². The smallest absolute Gasteiger partial charge is 0.0595 e. The van der Waals surface area contributed by atoms with Gasteiger partial charge in [-0.1, -0.05) is 50.0 Å². The van der Waals surface area contributed by atoms with Crippen LogP contribution in [0.5, 0.6) is 0 Å². The van der Waals surface area contributed by atoms with Gasteiger partial charge >= 0.3 is 0 Å². The van der Waals surface area contributed by atoms with Crippen LogP contribution in [-0.4, -0.2) is 24.5 Å². The van der Waals surface area contributed by atoms with Gasteiger partial charge < -0.3 is 5.73 Å². The summed E-state index contributed by atoms with van der Waals surface area (Å²) >= 11 is 12.1. The van der Waals surface area contributed by atoms with E-state index in [0.29, 0.717) is 22.6 Å². The van der Waals surface area contributed by atoms with Crippen molar-refractivity contribution in [3.05, 3.63) is 33.8 Å². The molecular weight excluding hydrogens is 291 g/mol. The number of benzene rings is 1. The van der Waals surface area contributed by atoms with E-state index in [1.165, 1.54) is 5.56 Å². The van der Waals surface area contributed by atoms with E-state index < -0.39 is 0 Å². The standard InChI is InChI=1S/C16H26Cl2N2/c1-5-8-20(11-16(3,4)10-19)12(2)13-6-7-14(17)15(18)9-13/h6-7,9,12H,5,8,10-11,19H2,1-4H3. The van der Waals surface area contributed by atoms with Gasteiger partial charge in [0.25, 0.3) is 0 Å². The molecule has 0 aliphatic heterocycles. The average molecular weight is 317 g/mol. The Balaban J connectivity index is 2.92. The summed E-state index contributed by atoms with van der Waals surface area (Å²) in [7, 11) is 0. The SMILES string of the molecule is CCCN(CC(C)(C)CN)C(C)c1ccc(Cl)c(Cl)c1. The van der Waals surface area contributed by atoms with E-state index in [2.05, 4.69) is 38.7 Å². The molecule has 0 heterocycles. The Labute approximate surface area is 133 Å². The normalized spacial score (nSPS) is 13.8. The maximum absolute atomic E-state index is 6.13. The molecule has 0 aliphatic carbocycles. The Kier molecular flexibility index (Phi) is 6.80. The second-order valence-corrected chi connectivity index (χ2v) is 7.00. The third-order valence-electron chi connectivity index (χ3n) is 3.67. The number of halogens is 2. The maximum atomic E-state index is 6.13. The minimum absolute atomic E-state index is 0.111. The lowest BCUT2D eigenvalue weighted by Gasteiger charge is -2.36. The molecule has 0 spiro atoms. The molecule has 2 N–H and O–H groups in total. The van der Waals surface area contributed by atoms with Crippen LogP contribution in [-0.2, 0) is 0 Å². The first-order chi connectivity index (χ1) is 9.30. The van der Waals surface area contributed by atoms with Crippen LogP contribution in [0, 0.1) is 5.41 Å². The zero-order chi connectivity index (χ0) is 15.3. The van der Waals surface area contributed by atoms with E-state index in [0.717, 1.165) is 19.5 Å². The van der Waals surface area contributed by atoms with Crippen molar-refractivity contribution >= 4 is 23.2 Å². The second-order valence-electron chi connectivity index (χ2n) is 6.19. The Bertz CT molecular complexity index is 432. The monoisotopic (exact) mass is 316 g/mol. The third-order valence-corrected chi connectivity index (χ3v) is 4.41. The lowest BCUT2D eigenvalue weighted by atomic mass is 9.91. The predicted molar refractivity (Wildman–Crippen MR) is 89.6 cm³/mol. The van der Waals surface area contributed by atoms with Crippen molar-refractivity contribution in [2.45, 2.75) is 40.2 Å². The number of nitrogens with zero attached hydrogens (tertiary/aromatic N) is 1. The Morgan fingerprint density at radius 2 is 1.90 bits per heavy atom. The fourth-order valence-corrected chi connectivity index (χ4v) is 2.60. The molecule has 1 aromatic rings. The molecule has 4 heteroatoms. The number of hydrogen-bond donors (Lipinski definition) is 1. The third kappa shape index (κ3) is 4.92. The van der Waals surface area contributed by atoms with Crippen LogP contribution in [0.1, 0.15) is 45.7 Å². The molecule has 0 aliphatic rings. The highest BCUT2D eigenvalue weighted by atomic mass is 35.5. The van der Waals surface area contributed by atoms with Crippen molar-refractivity contribution in [2.24, 2.45) is 11.1 Å². The topological polar surface area (TPSA) is 29.3 Å². The largest absolute Gasteiger partial charge is 0.330 e. The maximum Gasteiger partial charge on any atom is 0.0595 e. The van der Waals surface area contributed by atoms with Crippen molar-refractivity contribution in [3.8, 4) is 0 Å². The van der Waals surface area contributed by atoms with Gasteiger partial charge in [-0.25, -0.2) is 0 Å². The minimum atomic E-state index is 0.111. The molecule has 0 radical (unpaired) electrons. The molecule has 2 nitrogen and oxygen atoms in total. The zero-order valence-electron chi connectivity index (χ0n) is 12.9. The van der Waals surface area contributed by atoms with E-state index in [9.17, 15) is 0 Å². The molecule has 0 amide bonds. The van der Waals surface area contributed by atoms with Crippen molar-refractivity contribution < 1.29 is 0 Å². The van der Waals surface area contributed by atoms with Crippen LogP contribution in [0.2, 0.25) is 10.0 Å². The molecule has 1 rings (SSSR count). The first-order valence-corrected chi connectivity index (χ1v) is 7.95. The van der Waals surface area contributed by atoms with Crippen LogP contribution in [0.3, 0.4) is 0 Å². The quantitative estimate of drug-likeness (QED) is 0.786. The van der Waals surface area contributed by atoms with E-state index in [1.807, 2.05) is 12.1 Å². The highest BCUT2D eigenvalue weighted by molar-refractivity contribution is 6.42. The van der Waals surface area contributed by atoms with Gasteiger partial charge in [0.05, 0.1) is 10.0 Å². The number of nitrogens with two attached hydrogens (primary N) is 1. The number of rotatable bonds is 7. The van der Waals surface area contributed by atoms with E-state index in [-0.39, 0.29) is 5.41 Å². The molecule has 1 atom stereocenters. The summed E-state index contributed by atoms with van der Waals surface area (Å²) in [6.45, 7) is 11.5. The van der Waals surface area contributed by atoms with Crippen molar-refractivity contribution in [3.63, 3.8) is 0 Å².